The first kappa shape index (κ1) is 14.0. The van der Waals surface area contributed by atoms with Crippen molar-refractivity contribution in [1.82, 2.24) is 0 Å². The Morgan fingerprint density at radius 2 is 1.84 bits per heavy atom. The Labute approximate surface area is 117 Å². The van der Waals surface area contributed by atoms with Crippen LogP contribution in [0.25, 0.3) is 0 Å². The van der Waals surface area contributed by atoms with Crippen LogP contribution in [0.5, 0.6) is 0 Å². The molecule has 3 heteroatoms. The Balaban J connectivity index is 2.28. The molecule has 0 bridgehead atoms. The van der Waals surface area contributed by atoms with Gasteiger partial charge in [0.1, 0.15) is 5.82 Å². The van der Waals surface area contributed by atoms with E-state index >= 15 is 0 Å². The van der Waals surface area contributed by atoms with Crippen molar-refractivity contribution in [2.24, 2.45) is 0 Å². The maximum Gasteiger partial charge on any atom is 0.145 e. The second kappa shape index (κ2) is 5.72. The quantitative estimate of drug-likeness (QED) is 0.884. The lowest BCUT2D eigenvalue weighted by Gasteiger charge is -2.16. The standard InChI is InChI=1S/C16H16ClFO/c1-10-5-3-7-13(11(10)2)15(19)9-12-6-4-8-14(17)16(12)18/h3-8,15,19H,9H2,1-2H3. The fraction of sp³-hybridized carbons (Fsp3) is 0.250. The van der Waals surface area contributed by atoms with Crippen LogP contribution in [0, 0.1) is 19.7 Å². The van der Waals surface area contributed by atoms with Gasteiger partial charge >= 0.3 is 0 Å². The lowest BCUT2D eigenvalue weighted by Crippen LogP contribution is -2.06. The van der Waals surface area contributed by atoms with Gasteiger partial charge in [-0.05, 0) is 42.2 Å². The van der Waals surface area contributed by atoms with E-state index in [9.17, 15) is 9.50 Å². The second-order valence-electron chi connectivity index (χ2n) is 4.72. The summed E-state index contributed by atoms with van der Waals surface area (Å²) in [6.07, 6.45) is -0.510. The van der Waals surface area contributed by atoms with E-state index in [0.717, 1.165) is 16.7 Å². The molecule has 0 saturated heterocycles. The SMILES string of the molecule is Cc1cccc(C(O)Cc2cccc(Cl)c2F)c1C. The van der Waals surface area contributed by atoms with Crippen LogP contribution in [0.2, 0.25) is 5.02 Å². The fourth-order valence-electron chi connectivity index (χ4n) is 2.16. The van der Waals surface area contributed by atoms with Gasteiger partial charge in [0.2, 0.25) is 0 Å². The molecule has 2 aromatic carbocycles. The van der Waals surface area contributed by atoms with Gasteiger partial charge in [-0.2, -0.15) is 0 Å². The van der Waals surface area contributed by atoms with Crippen LogP contribution in [-0.4, -0.2) is 5.11 Å². The van der Waals surface area contributed by atoms with Crippen LogP contribution >= 0.6 is 11.6 Å². The van der Waals surface area contributed by atoms with E-state index < -0.39 is 11.9 Å². The van der Waals surface area contributed by atoms with Crippen LogP contribution in [-0.2, 0) is 6.42 Å². The monoisotopic (exact) mass is 278 g/mol. The van der Waals surface area contributed by atoms with Gasteiger partial charge in [-0.25, -0.2) is 4.39 Å². The third-order valence-corrected chi connectivity index (χ3v) is 3.74. The zero-order valence-corrected chi connectivity index (χ0v) is 11.7. The molecule has 2 rings (SSSR count). The molecule has 0 spiro atoms. The molecule has 0 radical (unpaired) electrons. The number of hydrogen-bond donors (Lipinski definition) is 1. The topological polar surface area (TPSA) is 20.2 Å². The highest BCUT2D eigenvalue weighted by Gasteiger charge is 2.15. The minimum absolute atomic E-state index is 0.0886. The van der Waals surface area contributed by atoms with Gasteiger partial charge in [-0.3, -0.25) is 0 Å². The molecular weight excluding hydrogens is 263 g/mol. The summed E-state index contributed by atoms with van der Waals surface area (Å²) in [6, 6.07) is 10.6. The minimum atomic E-state index is -0.729. The Kier molecular flexibility index (Phi) is 4.23. The highest BCUT2D eigenvalue weighted by atomic mass is 35.5. The number of rotatable bonds is 3. The van der Waals surface area contributed by atoms with Crippen LogP contribution in [0.15, 0.2) is 36.4 Å². The predicted octanol–water partition coefficient (Wildman–Crippen LogP) is 4.37. The number of aryl methyl sites for hydroxylation is 1. The summed E-state index contributed by atoms with van der Waals surface area (Å²) in [5, 5.41) is 10.4. The summed E-state index contributed by atoms with van der Waals surface area (Å²) >= 11 is 5.74. The lowest BCUT2D eigenvalue weighted by molar-refractivity contribution is 0.176. The first-order valence-electron chi connectivity index (χ1n) is 6.17. The zero-order chi connectivity index (χ0) is 14.0. The fourth-order valence-corrected chi connectivity index (χ4v) is 2.35. The normalized spacial score (nSPS) is 12.5. The highest BCUT2D eigenvalue weighted by molar-refractivity contribution is 6.30. The molecule has 0 aliphatic heterocycles. The summed E-state index contributed by atoms with van der Waals surface area (Å²) < 4.78 is 13.8. The first-order valence-corrected chi connectivity index (χ1v) is 6.55. The summed E-state index contributed by atoms with van der Waals surface area (Å²) in [5.74, 6) is -0.450. The molecule has 19 heavy (non-hydrogen) atoms. The molecule has 1 unspecified atom stereocenters. The van der Waals surface area contributed by atoms with Crippen LogP contribution < -0.4 is 0 Å². The first-order chi connectivity index (χ1) is 9.00. The summed E-state index contributed by atoms with van der Waals surface area (Å²) in [5.41, 5.74) is 3.42. The van der Waals surface area contributed by atoms with E-state index in [-0.39, 0.29) is 11.4 Å². The van der Waals surface area contributed by atoms with Gasteiger partial charge in [0.15, 0.2) is 0 Å². The predicted molar refractivity (Wildman–Crippen MR) is 76.0 cm³/mol. The molecule has 100 valence electrons. The maximum absolute atomic E-state index is 13.8. The Morgan fingerprint density at radius 3 is 2.58 bits per heavy atom. The smallest absolute Gasteiger partial charge is 0.145 e. The van der Waals surface area contributed by atoms with Crippen molar-refractivity contribution in [3.05, 3.63) is 69.5 Å². The molecule has 0 amide bonds. The molecule has 0 fully saturated rings. The van der Waals surface area contributed by atoms with Crippen molar-refractivity contribution < 1.29 is 9.50 Å². The van der Waals surface area contributed by atoms with Crippen molar-refractivity contribution in [3.8, 4) is 0 Å². The molecule has 1 N–H and O–H groups in total. The van der Waals surface area contributed by atoms with E-state index in [4.69, 9.17) is 11.6 Å². The molecule has 0 aliphatic carbocycles. The van der Waals surface area contributed by atoms with Gasteiger partial charge in [0.05, 0.1) is 11.1 Å². The van der Waals surface area contributed by atoms with Crippen molar-refractivity contribution in [3.63, 3.8) is 0 Å². The largest absolute Gasteiger partial charge is 0.388 e. The average molecular weight is 279 g/mol. The number of halogens is 2. The molecule has 1 atom stereocenters. The highest BCUT2D eigenvalue weighted by Crippen LogP contribution is 2.26. The number of aliphatic hydroxyl groups excluding tert-OH is 1. The molecule has 0 heterocycles. The summed E-state index contributed by atoms with van der Waals surface area (Å²) in [6.45, 7) is 3.95. The van der Waals surface area contributed by atoms with Gasteiger partial charge < -0.3 is 5.11 Å². The third-order valence-electron chi connectivity index (χ3n) is 3.45. The summed E-state index contributed by atoms with van der Waals surface area (Å²) in [4.78, 5) is 0. The van der Waals surface area contributed by atoms with Gasteiger partial charge in [0, 0.05) is 6.42 Å². The van der Waals surface area contributed by atoms with Crippen LogP contribution in [0.4, 0.5) is 4.39 Å². The molecule has 0 saturated carbocycles. The Morgan fingerprint density at radius 1 is 1.16 bits per heavy atom. The van der Waals surface area contributed by atoms with E-state index in [2.05, 4.69) is 0 Å². The minimum Gasteiger partial charge on any atom is -0.388 e. The molecule has 1 nitrogen and oxygen atoms in total. The van der Waals surface area contributed by atoms with Crippen molar-refractivity contribution in [2.75, 3.05) is 0 Å². The Hall–Kier alpha value is -1.38. The maximum atomic E-state index is 13.8. The zero-order valence-electron chi connectivity index (χ0n) is 11.0. The molecule has 2 aromatic rings. The van der Waals surface area contributed by atoms with Gasteiger partial charge in [-0.15, -0.1) is 0 Å². The molecule has 0 aliphatic rings. The molecular formula is C16H16ClFO. The average Bonchev–Trinajstić information content (AvgIpc) is 2.38. The van der Waals surface area contributed by atoms with Crippen LogP contribution in [0.1, 0.15) is 28.4 Å². The van der Waals surface area contributed by atoms with E-state index in [0.29, 0.717) is 5.56 Å². The second-order valence-corrected chi connectivity index (χ2v) is 5.13. The van der Waals surface area contributed by atoms with E-state index in [1.807, 2.05) is 32.0 Å². The van der Waals surface area contributed by atoms with E-state index in [1.165, 1.54) is 6.07 Å². The lowest BCUT2D eigenvalue weighted by atomic mass is 9.95. The summed E-state index contributed by atoms with van der Waals surface area (Å²) in [7, 11) is 0. The number of hydrogen-bond acceptors (Lipinski definition) is 1. The van der Waals surface area contributed by atoms with Crippen molar-refractivity contribution in [2.45, 2.75) is 26.4 Å². The van der Waals surface area contributed by atoms with Gasteiger partial charge in [0.25, 0.3) is 0 Å². The van der Waals surface area contributed by atoms with Crippen molar-refractivity contribution in [1.29, 1.82) is 0 Å². The van der Waals surface area contributed by atoms with Crippen LogP contribution in [0.3, 0.4) is 0 Å². The van der Waals surface area contributed by atoms with Crippen molar-refractivity contribution >= 4 is 11.6 Å². The number of benzene rings is 2. The van der Waals surface area contributed by atoms with E-state index in [1.54, 1.807) is 12.1 Å². The molecule has 0 aromatic heterocycles. The number of aliphatic hydroxyl groups is 1. The van der Waals surface area contributed by atoms with Gasteiger partial charge in [-0.1, -0.05) is 41.9 Å². The Bertz CT molecular complexity index is 595. The third kappa shape index (κ3) is 2.96.